The molecule has 0 aliphatic rings. The van der Waals surface area contributed by atoms with Crippen LogP contribution in [0.25, 0.3) is 22.4 Å². The smallest absolute Gasteiger partial charge is 0.417 e. The number of imidazole rings is 1. The zero-order valence-electron chi connectivity index (χ0n) is 26.3. The van der Waals surface area contributed by atoms with Gasteiger partial charge in [-0.3, -0.25) is 0 Å². The van der Waals surface area contributed by atoms with Crippen molar-refractivity contribution in [1.82, 2.24) is 19.8 Å². The lowest BCUT2D eigenvalue weighted by molar-refractivity contribution is -0.137. The Kier molecular flexibility index (Phi) is 12.4. The lowest BCUT2D eigenvalue weighted by Crippen LogP contribution is -2.25. The summed E-state index contributed by atoms with van der Waals surface area (Å²) in [6, 6.07) is 14.3. The number of aromatic nitrogens is 2. The Labute approximate surface area is 268 Å². The number of aromatic amines is 1. The minimum Gasteiger partial charge on any atom is -0.493 e. The van der Waals surface area contributed by atoms with E-state index in [2.05, 4.69) is 42.5 Å². The second kappa shape index (κ2) is 16.2. The fourth-order valence-corrected chi connectivity index (χ4v) is 5.25. The van der Waals surface area contributed by atoms with Crippen molar-refractivity contribution in [2.75, 3.05) is 52.5 Å². The van der Waals surface area contributed by atoms with Crippen molar-refractivity contribution in [3.63, 3.8) is 0 Å². The van der Waals surface area contributed by atoms with Gasteiger partial charge in [0.15, 0.2) is 5.75 Å². The van der Waals surface area contributed by atoms with Crippen LogP contribution in [-0.4, -0.2) is 72.3 Å². The van der Waals surface area contributed by atoms with Crippen LogP contribution in [0.4, 0.5) is 13.2 Å². The van der Waals surface area contributed by atoms with E-state index >= 15 is 0 Å². The summed E-state index contributed by atoms with van der Waals surface area (Å²) in [5, 5.41) is -0.379. The summed E-state index contributed by atoms with van der Waals surface area (Å²) in [6.45, 7) is 15.7. The van der Waals surface area contributed by atoms with E-state index in [-0.39, 0.29) is 10.8 Å². The monoisotopic (exact) mass is 646 g/mol. The van der Waals surface area contributed by atoms with E-state index in [4.69, 9.17) is 30.8 Å². The summed E-state index contributed by atoms with van der Waals surface area (Å²) in [7, 11) is 0. The zero-order chi connectivity index (χ0) is 32.4. The molecule has 0 saturated heterocycles. The second-order valence-electron chi connectivity index (χ2n) is 10.6. The van der Waals surface area contributed by atoms with Crippen LogP contribution in [0.1, 0.15) is 46.1 Å². The highest BCUT2D eigenvalue weighted by atomic mass is 35.5. The first-order valence-electron chi connectivity index (χ1n) is 15.5. The molecule has 11 heteroatoms. The lowest BCUT2D eigenvalue weighted by Gasteiger charge is -2.18. The molecule has 7 nitrogen and oxygen atoms in total. The van der Waals surface area contributed by atoms with E-state index in [0.717, 1.165) is 69.3 Å². The van der Waals surface area contributed by atoms with Gasteiger partial charge in [0, 0.05) is 30.8 Å². The number of rotatable bonds is 17. The lowest BCUT2D eigenvalue weighted by atomic mass is 10.2. The molecule has 244 valence electrons. The van der Waals surface area contributed by atoms with Crippen molar-refractivity contribution < 1.29 is 27.4 Å². The standard InChI is InChI=1S/C34H42ClF3N4O3/c1-5-41(6-2)17-9-19-43-27-22-30-32(31(23-27)44-20-10-18-42(7-3)8-4)40-33(39-30)24-11-13-25(14-12-24)45-26-15-16-29(35)28(21-26)34(36,37)38/h11-16,21-23H,5-10,17-20H2,1-4H3,(H,39,40). The van der Waals surface area contributed by atoms with Crippen molar-refractivity contribution in [3.05, 3.63) is 65.2 Å². The molecule has 3 aromatic carbocycles. The maximum absolute atomic E-state index is 13.3. The van der Waals surface area contributed by atoms with Crippen molar-refractivity contribution in [3.8, 4) is 34.4 Å². The SMILES string of the molecule is CCN(CC)CCCOc1cc(OCCCN(CC)CC)c2nc(-c3ccc(Oc4ccc(Cl)c(C(F)(F)F)c4)cc3)[nH]c2c1. The van der Waals surface area contributed by atoms with E-state index in [9.17, 15) is 13.2 Å². The molecule has 0 spiro atoms. The molecule has 45 heavy (non-hydrogen) atoms. The Morgan fingerprint density at radius 1 is 0.756 bits per heavy atom. The van der Waals surface area contributed by atoms with Crippen molar-refractivity contribution in [2.45, 2.75) is 46.7 Å². The molecule has 1 N–H and O–H groups in total. The molecule has 0 fully saturated rings. The molecule has 1 heterocycles. The topological polar surface area (TPSA) is 62.9 Å². The molecule has 0 saturated carbocycles. The third-order valence-electron chi connectivity index (χ3n) is 7.68. The average Bonchev–Trinajstić information content (AvgIpc) is 3.46. The quantitative estimate of drug-likeness (QED) is 0.116. The minimum absolute atomic E-state index is 0.0376. The van der Waals surface area contributed by atoms with Gasteiger partial charge in [0.05, 0.1) is 29.3 Å². The van der Waals surface area contributed by atoms with Gasteiger partial charge in [0.25, 0.3) is 0 Å². The number of alkyl halides is 3. The van der Waals surface area contributed by atoms with Crippen molar-refractivity contribution >= 4 is 22.6 Å². The van der Waals surface area contributed by atoms with Gasteiger partial charge in [-0.1, -0.05) is 39.3 Å². The number of H-pyrrole nitrogens is 1. The fraction of sp³-hybridized carbons (Fsp3) is 0.441. The van der Waals surface area contributed by atoms with E-state index in [1.165, 1.54) is 12.1 Å². The van der Waals surface area contributed by atoms with Crippen molar-refractivity contribution in [2.24, 2.45) is 0 Å². The highest BCUT2D eigenvalue weighted by Gasteiger charge is 2.33. The Morgan fingerprint density at radius 3 is 1.96 bits per heavy atom. The van der Waals surface area contributed by atoms with Gasteiger partial charge in [0.1, 0.15) is 28.6 Å². The number of hydrogen-bond acceptors (Lipinski definition) is 6. The second-order valence-corrected chi connectivity index (χ2v) is 11.0. The van der Waals surface area contributed by atoms with Crippen LogP contribution in [0.5, 0.6) is 23.0 Å². The minimum atomic E-state index is -4.58. The van der Waals surface area contributed by atoms with Crippen molar-refractivity contribution in [1.29, 1.82) is 0 Å². The maximum atomic E-state index is 13.3. The summed E-state index contributed by atoms with van der Waals surface area (Å²) in [5.74, 6) is 2.39. The molecule has 1 aromatic heterocycles. The number of nitrogens with one attached hydrogen (secondary N) is 1. The van der Waals surface area contributed by atoms with Crippen LogP contribution in [0, 0.1) is 0 Å². The molecule has 0 aliphatic heterocycles. The first-order valence-corrected chi connectivity index (χ1v) is 15.9. The summed E-state index contributed by atoms with van der Waals surface area (Å²) in [4.78, 5) is 12.9. The number of halogens is 4. The Hall–Kier alpha value is -3.47. The van der Waals surface area contributed by atoms with Crippen LogP contribution < -0.4 is 14.2 Å². The van der Waals surface area contributed by atoms with Crippen LogP contribution in [-0.2, 0) is 6.18 Å². The number of fused-ring (bicyclic) bond motifs is 1. The van der Waals surface area contributed by atoms with Gasteiger partial charge in [-0.05, 0) is 81.5 Å². The predicted octanol–water partition coefficient (Wildman–Crippen LogP) is 8.92. The van der Waals surface area contributed by atoms with Gasteiger partial charge < -0.3 is 29.0 Å². The van der Waals surface area contributed by atoms with E-state index in [1.54, 1.807) is 24.3 Å². The summed E-state index contributed by atoms with van der Waals surface area (Å²) in [5.41, 5.74) is 1.31. The van der Waals surface area contributed by atoms with Gasteiger partial charge in [-0.15, -0.1) is 0 Å². The Bertz CT molecular complexity index is 1500. The predicted molar refractivity (Wildman–Crippen MR) is 174 cm³/mol. The maximum Gasteiger partial charge on any atom is 0.417 e. The molecule has 0 unspecified atom stereocenters. The molecule has 0 atom stereocenters. The molecule has 0 radical (unpaired) electrons. The summed E-state index contributed by atoms with van der Waals surface area (Å²) < 4.78 is 57.9. The molecule has 4 aromatic rings. The highest BCUT2D eigenvalue weighted by molar-refractivity contribution is 6.31. The first-order chi connectivity index (χ1) is 21.6. The number of nitrogens with zero attached hydrogens (tertiary/aromatic N) is 3. The van der Waals surface area contributed by atoms with Crippen LogP contribution in [0.15, 0.2) is 54.6 Å². The van der Waals surface area contributed by atoms with Crippen LogP contribution >= 0.6 is 11.6 Å². The van der Waals surface area contributed by atoms with Gasteiger partial charge in [0.2, 0.25) is 0 Å². The normalized spacial score (nSPS) is 12.0. The average molecular weight is 647 g/mol. The molecule has 0 bridgehead atoms. The third kappa shape index (κ3) is 9.51. The van der Waals surface area contributed by atoms with E-state index < -0.39 is 11.7 Å². The molecule has 0 amide bonds. The van der Waals surface area contributed by atoms with E-state index in [1.807, 2.05) is 12.1 Å². The molecule has 0 aliphatic carbocycles. The molecule has 4 rings (SSSR count). The Balaban J connectivity index is 1.52. The largest absolute Gasteiger partial charge is 0.493 e. The zero-order valence-corrected chi connectivity index (χ0v) is 27.1. The van der Waals surface area contributed by atoms with Crippen LogP contribution in [0.3, 0.4) is 0 Å². The van der Waals surface area contributed by atoms with Gasteiger partial charge in [-0.25, -0.2) is 4.98 Å². The van der Waals surface area contributed by atoms with Crippen LogP contribution in [0.2, 0.25) is 5.02 Å². The van der Waals surface area contributed by atoms with Gasteiger partial charge in [-0.2, -0.15) is 13.2 Å². The number of benzene rings is 3. The summed E-state index contributed by atoms with van der Waals surface area (Å²) >= 11 is 5.73. The number of hydrogen-bond donors (Lipinski definition) is 1. The highest BCUT2D eigenvalue weighted by Crippen LogP contribution is 2.38. The number of ether oxygens (including phenoxy) is 3. The fourth-order valence-electron chi connectivity index (χ4n) is 5.02. The van der Waals surface area contributed by atoms with E-state index in [0.29, 0.717) is 41.8 Å². The Morgan fingerprint density at radius 2 is 1.36 bits per heavy atom. The van der Waals surface area contributed by atoms with Gasteiger partial charge >= 0.3 is 6.18 Å². The summed E-state index contributed by atoms with van der Waals surface area (Å²) in [6.07, 6.45) is -2.78. The molecular formula is C34H42ClF3N4O3. The first kappa shape index (κ1) is 34.4. The third-order valence-corrected chi connectivity index (χ3v) is 8.01. The molecular weight excluding hydrogens is 605 g/mol.